The van der Waals surface area contributed by atoms with Gasteiger partial charge in [-0.2, -0.15) is 0 Å². The molecule has 90 valence electrons. The van der Waals surface area contributed by atoms with Gasteiger partial charge in [-0.05, 0) is 37.2 Å². The van der Waals surface area contributed by atoms with Crippen LogP contribution in [-0.2, 0) is 0 Å². The van der Waals surface area contributed by atoms with E-state index in [0.29, 0.717) is 13.1 Å². The molecule has 0 saturated heterocycles. The van der Waals surface area contributed by atoms with Crippen LogP contribution < -0.4 is 15.4 Å². The minimum atomic E-state index is 0.149. The largest absolute Gasteiger partial charge is 0.497 e. The predicted octanol–water partition coefficient (Wildman–Crippen LogP) is 0.843. The van der Waals surface area contributed by atoms with Crippen molar-refractivity contribution in [3.63, 3.8) is 0 Å². The van der Waals surface area contributed by atoms with Gasteiger partial charge in [0.15, 0.2) is 0 Å². The van der Waals surface area contributed by atoms with E-state index in [1.165, 1.54) is 0 Å². The van der Waals surface area contributed by atoms with E-state index in [1.54, 1.807) is 7.11 Å². The molecule has 4 heteroatoms. The molecule has 0 unspecified atom stereocenters. The van der Waals surface area contributed by atoms with Crippen molar-refractivity contribution in [3.8, 4) is 5.75 Å². The van der Waals surface area contributed by atoms with Gasteiger partial charge in [-0.15, -0.1) is 0 Å². The quantitative estimate of drug-likeness (QED) is 0.720. The minimum Gasteiger partial charge on any atom is -0.497 e. The molecule has 3 N–H and O–H groups in total. The van der Waals surface area contributed by atoms with Crippen molar-refractivity contribution >= 4 is 5.69 Å². The molecule has 1 aromatic carbocycles. The molecule has 0 heterocycles. The average Bonchev–Trinajstić information content (AvgIpc) is 2.35. The standard InChI is InChI=1S/C12H20N2O2/c1-16-12-5-3-11(4-6-12)14(9-10-15)8-2-7-13/h3-6,15H,2,7-10,13H2,1H3. The van der Waals surface area contributed by atoms with E-state index in [1.807, 2.05) is 24.3 Å². The lowest BCUT2D eigenvalue weighted by atomic mass is 10.2. The molecular weight excluding hydrogens is 204 g/mol. The minimum absolute atomic E-state index is 0.149. The first-order valence-electron chi connectivity index (χ1n) is 5.51. The van der Waals surface area contributed by atoms with Gasteiger partial charge in [0.25, 0.3) is 0 Å². The summed E-state index contributed by atoms with van der Waals surface area (Å²) >= 11 is 0. The lowest BCUT2D eigenvalue weighted by molar-refractivity contribution is 0.301. The number of ether oxygens (including phenoxy) is 1. The van der Waals surface area contributed by atoms with Crippen molar-refractivity contribution in [2.75, 3.05) is 38.3 Å². The first kappa shape index (κ1) is 12.8. The zero-order valence-corrected chi connectivity index (χ0v) is 9.72. The van der Waals surface area contributed by atoms with Crippen LogP contribution in [0.1, 0.15) is 6.42 Å². The third-order valence-electron chi connectivity index (χ3n) is 2.44. The van der Waals surface area contributed by atoms with Crippen LogP contribution in [-0.4, -0.2) is 38.5 Å². The highest BCUT2D eigenvalue weighted by molar-refractivity contribution is 5.49. The molecule has 16 heavy (non-hydrogen) atoms. The lowest BCUT2D eigenvalue weighted by Gasteiger charge is -2.23. The predicted molar refractivity (Wildman–Crippen MR) is 66.0 cm³/mol. The third-order valence-corrected chi connectivity index (χ3v) is 2.44. The Morgan fingerprint density at radius 3 is 2.44 bits per heavy atom. The Hall–Kier alpha value is -1.26. The summed E-state index contributed by atoms with van der Waals surface area (Å²) in [5, 5.41) is 9.00. The molecule has 0 radical (unpaired) electrons. The summed E-state index contributed by atoms with van der Waals surface area (Å²) in [5.41, 5.74) is 6.57. The molecule has 0 saturated carbocycles. The van der Waals surface area contributed by atoms with Crippen LogP contribution in [0.15, 0.2) is 24.3 Å². The van der Waals surface area contributed by atoms with E-state index in [9.17, 15) is 0 Å². The van der Waals surface area contributed by atoms with E-state index in [0.717, 1.165) is 24.4 Å². The van der Waals surface area contributed by atoms with E-state index in [4.69, 9.17) is 15.6 Å². The molecule has 4 nitrogen and oxygen atoms in total. The Labute approximate surface area is 96.6 Å². The highest BCUT2D eigenvalue weighted by Gasteiger charge is 2.05. The van der Waals surface area contributed by atoms with E-state index < -0.39 is 0 Å². The third kappa shape index (κ3) is 3.72. The van der Waals surface area contributed by atoms with Crippen LogP contribution >= 0.6 is 0 Å². The fraction of sp³-hybridized carbons (Fsp3) is 0.500. The van der Waals surface area contributed by atoms with Gasteiger partial charge in [0, 0.05) is 18.8 Å². The van der Waals surface area contributed by atoms with Crippen molar-refractivity contribution in [3.05, 3.63) is 24.3 Å². The molecule has 0 amide bonds. The van der Waals surface area contributed by atoms with Gasteiger partial charge in [-0.25, -0.2) is 0 Å². The number of hydrogen-bond acceptors (Lipinski definition) is 4. The Morgan fingerprint density at radius 2 is 1.94 bits per heavy atom. The Morgan fingerprint density at radius 1 is 1.25 bits per heavy atom. The molecule has 1 rings (SSSR count). The lowest BCUT2D eigenvalue weighted by Crippen LogP contribution is -2.29. The monoisotopic (exact) mass is 224 g/mol. The van der Waals surface area contributed by atoms with E-state index in [-0.39, 0.29) is 6.61 Å². The van der Waals surface area contributed by atoms with Gasteiger partial charge in [-0.1, -0.05) is 0 Å². The van der Waals surface area contributed by atoms with Gasteiger partial charge in [0.2, 0.25) is 0 Å². The molecule has 0 bridgehead atoms. The highest BCUT2D eigenvalue weighted by atomic mass is 16.5. The SMILES string of the molecule is COc1ccc(N(CCO)CCCN)cc1. The van der Waals surface area contributed by atoms with Gasteiger partial charge >= 0.3 is 0 Å². The van der Waals surface area contributed by atoms with E-state index in [2.05, 4.69) is 4.90 Å². The maximum Gasteiger partial charge on any atom is 0.119 e. The molecule has 1 aromatic rings. The summed E-state index contributed by atoms with van der Waals surface area (Å²) in [5.74, 6) is 0.839. The normalized spacial score (nSPS) is 10.2. The number of hydrogen-bond donors (Lipinski definition) is 2. The van der Waals surface area contributed by atoms with E-state index >= 15 is 0 Å². The number of rotatable bonds is 7. The molecule has 0 fully saturated rings. The van der Waals surface area contributed by atoms with Gasteiger partial charge in [0.1, 0.15) is 5.75 Å². The second kappa shape index (κ2) is 7.09. The summed E-state index contributed by atoms with van der Waals surface area (Å²) in [6.07, 6.45) is 0.923. The zero-order valence-electron chi connectivity index (χ0n) is 9.72. The second-order valence-corrected chi connectivity index (χ2v) is 3.55. The molecule has 0 spiro atoms. The summed E-state index contributed by atoms with van der Waals surface area (Å²) in [6, 6.07) is 7.82. The second-order valence-electron chi connectivity index (χ2n) is 3.55. The number of aliphatic hydroxyl groups excluding tert-OH is 1. The van der Waals surface area contributed by atoms with Crippen molar-refractivity contribution in [2.45, 2.75) is 6.42 Å². The maximum atomic E-state index is 9.00. The summed E-state index contributed by atoms with van der Waals surface area (Å²) in [7, 11) is 1.65. The molecular formula is C12H20N2O2. The molecule has 0 atom stereocenters. The van der Waals surface area contributed by atoms with Crippen molar-refractivity contribution in [1.29, 1.82) is 0 Å². The van der Waals surface area contributed by atoms with Crippen LogP contribution in [0.2, 0.25) is 0 Å². The van der Waals surface area contributed by atoms with Gasteiger partial charge in [0.05, 0.1) is 13.7 Å². The smallest absolute Gasteiger partial charge is 0.119 e. The Balaban J connectivity index is 2.67. The van der Waals surface area contributed by atoms with Gasteiger partial charge < -0.3 is 20.5 Å². The first-order chi connectivity index (χ1) is 7.81. The van der Waals surface area contributed by atoms with Crippen molar-refractivity contribution in [1.82, 2.24) is 0 Å². The number of nitrogens with two attached hydrogens (primary N) is 1. The maximum absolute atomic E-state index is 9.00. The van der Waals surface area contributed by atoms with Crippen LogP contribution in [0.3, 0.4) is 0 Å². The fourth-order valence-corrected chi connectivity index (χ4v) is 1.57. The van der Waals surface area contributed by atoms with Crippen LogP contribution in [0.25, 0.3) is 0 Å². The van der Waals surface area contributed by atoms with Crippen LogP contribution in [0, 0.1) is 0 Å². The van der Waals surface area contributed by atoms with Gasteiger partial charge in [-0.3, -0.25) is 0 Å². The number of benzene rings is 1. The Kier molecular flexibility index (Phi) is 5.67. The van der Waals surface area contributed by atoms with Crippen LogP contribution in [0.4, 0.5) is 5.69 Å². The summed E-state index contributed by atoms with van der Waals surface area (Å²) in [6.45, 7) is 2.31. The molecule has 0 aliphatic carbocycles. The first-order valence-corrected chi connectivity index (χ1v) is 5.51. The number of nitrogens with zero attached hydrogens (tertiary/aromatic N) is 1. The molecule has 0 aliphatic rings. The summed E-state index contributed by atoms with van der Waals surface area (Å²) in [4.78, 5) is 2.12. The van der Waals surface area contributed by atoms with Crippen LogP contribution in [0.5, 0.6) is 5.75 Å². The Bertz CT molecular complexity index is 288. The highest BCUT2D eigenvalue weighted by Crippen LogP contribution is 2.19. The average molecular weight is 224 g/mol. The molecule has 0 aliphatic heterocycles. The molecule has 0 aromatic heterocycles. The summed E-state index contributed by atoms with van der Waals surface area (Å²) < 4.78 is 5.10. The van der Waals surface area contributed by atoms with Crippen molar-refractivity contribution < 1.29 is 9.84 Å². The number of anilines is 1. The number of aliphatic hydroxyl groups is 1. The van der Waals surface area contributed by atoms with Crippen molar-refractivity contribution in [2.24, 2.45) is 5.73 Å². The zero-order chi connectivity index (χ0) is 11.8. The fourth-order valence-electron chi connectivity index (χ4n) is 1.57. The topological polar surface area (TPSA) is 58.7 Å². The number of methoxy groups -OCH3 is 1.